The van der Waals surface area contributed by atoms with Gasteiger partial charge in [-0.05, 0) is 49.5 Å². The third-order valence-corrected chi connectivity index (χ3v) is 4.00. The van der Waals surface area contributed by atoms with Gasteiger partial charge >= 0.3 is 6.18 Å². The second kappa shape index (κ2) is 7.47. The van der Waals surface area contributed by atoms with Crippen molar-refractivity contribution >= 4 is 11.6 Å². The Hall–Kier alpha value is -0.780. The molecule has 1 aliphatic heterocycles. The molecule has 6 heteroatoms. The van der Waals surface area contributed by atoms with Gasteiger partial charge in [0, 0.05) is 18.1 Å². The fraction of sp³-hybridized carbons (Fsp3) is 0.600. The molecule has 0 saturated carbocycles. The second-order valence-corrected chi connectivity index (χ2v) is 6.03. The molecule has 2 rings (SSSR count). The maximum atomic E-state index is 12.0. The third-order valence-electron chi connectivity index (χ3n) is 3.74. The molecule has 1 unspecified atom stereocenters. The summed E-state index contributed by atoms with van der Waals surface area (Å²) in [4.78, 5) is 2.34. The van der Waals surface area contributed by atoms with E-state index in [0.29, 0.717) is 12.5 Å². The van der Waals surface area contributed by atoms with Crippen LogP contribution in [0.2, 0.25) is 5.02 Å². The smallest absolute Gasteiger partial charge is 0.309 e. The van der Waals surface area contributed by atoms with Crippen molar-refractivity contribution in [2.24, 2.45) is 5.92 Å². The average molecular weight is 321 g/mol. The van der Waals surface area contributed by atoms with Crippen LogP contribution in [0.25, 0.3) is 0 Å². The number of nitrogens with zero attached hydrogens (tertiary/aromatic N) is 1. The van der Waals surface area contributed by atoms with Crippen LogP contribution >= 0.6 is 11.6 Å². The molecule has 0 spiro atoms. The molecule has 0 bridgehead atoms. The van der Waals surface area contributed by atoms with Gasteiger partial charge in [0.2, 0.25) is 0 Å². The second-order valence-electron chi connectivity index (χ2n) is 5.60. The van der Waals surface area contributed by atoms with E-state index in [0.717, 1.165) is 37.5 Å². The van der Waals surface area contributed by atoms with Gasteiger partial charge in [0.15, 0.2) is 0 Å². The Morgan fingerprint density at radius 2 is 1.95 bits per heavy atom. The summed E-state index contributed by atoms with van der Waals surface area (Å²) in [6.45, 7) is 2.37. The molecule has 1 fully saturated rings. The number of benzene rings is 1. The van der Waals surface area contributed by atoms with Crippen LogP contribution in [0.3, 0.4) is 0 Å². The van der Waals surface area contributed by atoms with E-state index >= 15 is 0 Å². The number of hydrogen-bond acceptors (Lipinski definition) is 2. The lowest BCUT2D eigenvalue weighted by molar-refractivity contribution is -0.124. The normalized spacial score (nSPS) is 20.1. The summed E-state index contributed by atoms with van der Waals surface area (Å²) >= 11 is 5.85. The summed E-state index contributed by atoms with van der Waals surface area (Å²) in [5.41, 5.74) is 1.22. The van der Waals surface area contributed by atoms with E-state index < -0.39 is 12.7 Å². The minimum absolute atomic E-state index is 0.430. The highest BCUT2D eigenvalue weighted by Crippen LogP contribution is 2.22. The predicted octanol–water partition coefficient (Wildman–Crippen LogP) is 3.70. The van der Waals surface area contributed by atoms with Crippen molar-refractivity contribution in [3.63, 3.8) is 0 Å². The Balaban J connectivity index is 1.65. The Kier molecular flexibility index (Phi) is 5.90. The van der Waals surface area contributed by atoms with Crippen LogP contribution < -0.4 is 5.32 Å². The zero-order valence-corrected chi connectivity index (χ0v) is 12.6. The molecule has 1 heterocycles. The fourth-order valence-corrected chi connectivity index (χ4v) is 2.80. The molecular formula is C15H20ClF3N2. The Labute approximate surface area is 128 Å². The van der Waals surface area contributed by atoms with E-state index in [2.05, 4.69) is 10.2 Å². The standard InChI is InChI=1S/C15H20ClF3N2/c16-14-3-1-12(2-4-14)9-21-8-6-13(10-21)5-7-20-11-15(17,18)19/h1-4,13,20H,5-11H2. The quantitative estimate of drug-likeness (QED) is 0.804. The average Bonchev–Trinajstić information content (AvgIpc) is 2.84. The van der Waals surface area contributed by atoms with Crippen LogP contribution in [-0.2, 0) is 6.54 Å². The first-order valence-electron chi connectivity index (χ1n) is 7.16. The van der Waals surface area contributed by atoms with Crippen molar-refractivity contribution in [1.29, 1.82) is 0 Å². The Bertz CT molecular complexity index is 434. The Morgan fingerprint density at radius 3 is 2.62 bits per heavy atom. The van der Waals surface area contributed by atoms with Crippen molar-refractivity contribution < 1.29 is 13.2 Å². The molecule has 1 aliphatic rings. The van der Waals surface area contributed by atoms with E-state index in [1.165, 1.54) is 5.56 Å². The summed E-state index contributed by atoms with van der Waals surface area (Å²) in [5, 5.41) is 3.20. The highest BCUT2D eigenvalue weighted by molar-refractivity contribution is 6.30. The van der Waals surface area contributed by atoms with Gasteiger partial charge in [-0.3, -0.25) is 4.90 Å². The van der Waals surface area contributed by atoms with Crippen molar-refractivity contribution in [2.75, 3.05) is 26.2 Å². The molecule has 0 radical (unpaired) electrons. The largest absolute Gasteiger partial charge is 0.401 e. The van der Waals surface area contributed by atoms with Crippen LogP contribution in [0, 0.1) is 5.92 Å². The number of likely N-dealkylation sites (tertiary alicyclic amines) is 1. The maximum absolute atomic E-state index is 12.0. The topological polar surface area (TPSA) is 15.3 Å². The van der Waals surface area contributed by atoms with Gasteiger partial charge in [-0.2, -0.15) is 13.2 Å². The lowest BCUT2D eigenvalue weighted by Gasteiger charge is -2.16. The van der Waals surface area contributed by atoms with Gasteiger partial charge in [-0.25, -0.2) is 0 Å². The van der Waals surface area contributed by atoms with Crippen molar-refractivity contribution in [1.82, 2.24) is 10.2 Å². The summed E-state index contributed by atoms with van der Waals surface area (Å²) < 4.78 is 36.0. The van der Waals surface area contributed by atoms with E-state index in [4.69, 9.17) is 11.6 Å². The molecule has 0 aliphatic carbocycles. The van der Waals surface area contributed by atoms with Gasteiger partial charge in [0.25, 0.3) is 0 Å². The third kappa shape index (κ3) is 6.24. The summed E-state index contributed by atoms with van der Waals surface area (Å²) in [6.07, 6.45) is -2.26. The van der Waals surface area contributed by atoms with Crippen LogP contribution in [-0.4, -0.2) is 37.3 Å². The number of rotatable bonds is 6. The lowest BCUT2D eigenvalue weighted by atomic mass is 10.1. The first kappa shape index (κ1) is 16.6. The van der Waals surface area contributed by atoms with Crippen LogP contribution in [0.4, 0.5) is 13.2 Å². The summed E-state index contributed by atoms with van der Waals surface area (Å²) in [7, 11) is 0. The van der Waals surface area contributed by atoms with Gasteiger partial charge in [-0.15, -0.1) is 0 Å². The molecule has 21 heavy (non-hydrogen) atoms. The van der Waals surface area contributed by atoms with Gasteiger partial charge < -0.3 is 5.32 Å². The van der Waals surface area contributed by atoms with Gasteiger partial charge in [-0.1, -0.05) is 23.7 Å². The van der Waals surface area contributed by atoms with E-state index in [1.54, 1.807) is 0 Å². The molecule has 1 atom stereocenters. The minimum Gasteiger partial charge on any atom is -0.309 e. The number of halogens is 4. The predicted molar refractivity (Wildman–Crippen MR) is 78.4 cm³/mol. The number of hydrogen-bond donors (Lipinski definition) is 1. The highest BCUT2D eigenvalue weighted by atomic mass is 35.5. The molecule has 2 nitrogen and oxygen atoms in total. The zero-order chi connectivity index (χ0) is 15.3. The van der Waals surface area contributed by atoms with Crippen molar-refractivity contribution in [2.45, 2.75) is 25.6 Å². The lowest BCUT2D eigenvalue weighted by Crippen LogP contribution is -2.30. The number of alkyl halides is 3. The minimum atomic E-state index is -4.11. The first-order valence-corrected chi connectivity index (χ1v) is 7.54. The molecular weight excluding hydrogens is 301 g/mol. The molecule has 118 valence electrons. The monoisotopic (exact) mass is 320 g/mol. The maximum Gasteiger partial charge on any atom is 0.401 e. The van der Waals surface area contributed by atoms with E-state index in [1.807, 2.05) is 24.3 Å². The number of nitrogens with one attached hydrogen (secondary N) is 1. The van der Waals surface area contributed by atoms with Gasteiger partial charge in [0.1, 0.15) is 0 Å². The molecule has 0 amide bonds. The zero-order valence-electron chi connectivity index (χ0n) is 11.8. The molecule has 1 aromatic carbocycles. The van der Waals surface area contributed by atoms with Crippen LogP contribution in [0.5, 0.6) is 0 Å². The summed E-state index contributed by atoms with van der Waals surface area (Å²) in [6, 6.07) is 7.79. The van der Waals surface area contributed by atoms with Gasteiger partial charge in [0.05, 0.1) is 6.54 Å². The van der Waals surface area contributed by atoms with Crippen LogP contribution in [0.1, 0.15) is 18.4 Å². The van der Waals surface area contributed by atoms with Crippen LogP contribution in [0.15, 0.2) is 24.3 Å². The molecule has 1 N–H and O–H groups in total. The van der Waals surface area contributed by atoms with Crippen molar-refractivity contribution in [3.05, 3.63) is 34.9 Å². The molecule has 1 aromatic rings. The SMILES string of the molecule is FC(F)(F)CNCCC1CCN(Cc2ccc(Cl)cc2)C1. The molecule has 1 saturated heterocycles. The van der Waals surface area contributed by atoms with Crippen molar-refractivity contribution in [3.8, 4) is 0 Å². The first-order chi connectivity index (χ1) is 9.92. The fourth-order valence-electron chi connectivity index (χ4n) is 2.68. The summed E-state index contributed by atoms with van der Waals surface area (Å²) in [5.74, 6) is 0.484. The Morgan fingerprint density at radius 1 is 1.24 bits per heavy atom. The molecule has 0 aromatic heterocycles. The van der Waals surface area contributed by atoms with E-state index in [9.17, 15) is 13.2 Å². The van der Waals surface area contributed by atoms with E-state index in [-0.39, 0.29) is 0 Å². The highest BCUT2D eigenvalue weighted by Gasteiger charge is 2.27.